The van der Waals surface area contributed by atoms with Gasteiger partial charge in [0.25, 0.3) is 0 Å². The van der Waals surface area contributed by atoms with Crippen LogP contribution in [0.15, 0.2) is 47.5 Å². The lowest BCUT2D eigenvalue weighted by atomic mass is 10.1. The summed E-state index contributed by atoms with van der Waals surface area (Å²) in [6, 6.07) is 14.0. The number of rotatable bonds is 8. The van der Waals surface area contributed by atoms with Gasteiger partial charge in [-0.1, -0.05) is 24.3 Å². The lowest BCUT2D eigenvalue weighted by Gasteiger charge is -2.13. The first-order valence-electron chi connectivity index (χ1n) is 9.54. The summed E-state index contributed by atoms with van der Waals surface area (Å²) in [5, 5.41) is 9.41. The third-order valence-corrected chi connectivity index (χ3v) is 4.17. The summed E-state index contributed by atoms with van der Waals surface area (Å²) in [5.74, 6) is 1.57. The van der Waals surface area contributed by atoms with Crippen molar-refractivity contribution in [3.8, 4) is 5.75 Å². The fourth-order valence-electron chi connectivity index (χ4n) is 2.77. The molecule has 0 unspecified atom stereocenters. The zero-order valence-electron chi connectivity index (χ0n) is 17.5. The van der Waals surface area contributed by atoms with Crippen molar-refractivity contribution in [3.63, 3.8) is 0 Å². The van der Waals surface area contributed by atoms with E-state index in [4.69, 9.17) is 4.74 Å². The van der Waals surface area contributed by atoms with Gasteiger partial charge in [-0.25, -0.2) is 4.99 Å². The lowest BCUT2D eigenvalue weighted by Crippen LogP contribution is -2.38. The molecule has 158 valence electrons. The van der Waals surface area contributed by atoms with Crippen molar-refractivity contribution in [2.75, 3.05) is 25.5 Å². The first-order chi connectivity index (χ1) is 13.5. The molecule has 2 rings (SSSR count). The van der Waals surface area contributed by atoms with E-state index in [-0.39, 0.29) is 29.9 Å². The Morgan fingerprint density at radius 2 is 1.83 bits per heavy atom. The molecule has 0 bridgehead atoms. The molecule has 2 aromatic carbocycles. The molecular formula is C22H31IN4O2. The Balaban J connectivity index is 0.00000420. The predicted molar refractivity (Wildman–Crippen MR) is 130 cm³/mol. The minimum Gasteiger partial charge on any atom is -0.496 e. The number of guanidine groups is 1. The highest BCUT2D eigenvalue weighted by atomic mass is 127. The zero-order valence-corrected chi connectivity index (χ0v) is 19.9. The number of aryl methyl sites for hydroxylation is 1. The van der Waals surface area contributed by atoms with Gasteiger partial charge >= 0.3 is 0 Å². The highest BCUT2D eigenvalue weighted by Gasteiger charge is 2.04. The summed E-state index contributed by atoms with van der Waals surface area (Å²) in [7, 11) is 1.68. The maximum absolute atomic E-state index is 11.1. The standard InChI is InChI=1S/C22H30N4O2.HI/c1-5-23-22(25-15-19-9-6-16(2)14-21(19)28-4)24-13-12-18-7-10-20(11-8-18)26-17(3)27;/h6-11,14H,5,12-13,15H2,1-4H3,(H,26,27)(H2,23,24,25);1H. The molecule has 0 heterocycles. The van der Waals surface area contributed by atoms with Crippen LogP contribution in [-0.4, -0.2) is 32.1 Å². The number of aliphatic imine (C=N–C) groups is 1. The molecule has 3 N–H and O–H groups in total. The van der Waals surface area contributed by atoms with Crippen LogP contribution in [0.4, 0.5) is 5.69 Å². The Kier molecular flexibility index (Phi) is 11.1. The highest BCUT2D eigenvalue weighted by molar-refractivity contribution is 14.0. The van der Waals surface area contributed by atoms with E-state index in [9.17, 15) is 4.79 Å². The normalized spacial score (nSPS) is 10.7. The number of carbonyl (C=O) groups excluding carboxylic acids is 1. The van der Waals surface area contributed by atoms with E-state index in [1.165, 1.54) is 18.1 Å². The smallest absolute Gasteiger partial charge is 0.221 e. The number of amides is 1. The number of carbonyl (C=O) groups is 1. The number of ether oxygens (including phenoxy) is 1. The van der Waals surface area contributed by atoms with Gasteiger partial charge in [-0.05, 0) is 49.6 Å². The van der Waals surface area contributed by atoms with E-state index in [1.54, 1.807) is 7.11 Å². The molecule has 0 aliphatic carbocycles. The zero-order chi connectivity index (χ0) is 20.4. The summed E-state index contributed by atoms with van der Waals surface area (Å²) in [4.78, 5) is 15.7. The predicted octanol–water partition coefficient (Wildman–Crippen LogP) is 3.88. The summed E-state index contributed by atoms with van der Waals surface area (Å²) in [6.45, 7) is 7.70. The van der Waals surface area contributed by atoms with E-state index in [1.807, 2.05) is 44.2 Å². The van der Waals surface area contributed by atoms with Crippen LogP contribution in [0.2, 0.25) is 0 Å². The summed E-state index contributed by atoms with van der Waals surface area (Å²) < 4.78 is 5.45. The van der Waals surface area contributed by atoms with Gasteiger partial charge in [0.15, 0.2) is 5.96 Å². The number of anilines is 1. The fourth-order valence-corrected chi connectivity index (χ4v) is 2.77. The lowest BCUT2D eigenvalue weighted by molar-refractivity contribution is -0.114. The Morgan fingerprint density at radius 1 is 1.10 bits per heavy atom. The largest absolute Gasteiger partial charge is 0.496 e. The van der Waals surface area contributed by atoms with Crippen LogP contribution in [0.25, 0.3) is 0 Å². The van der Waals surface area contributed by atoms with Crippen molar-refractivity contribution in [1.82, 2.24) is 10.6 Å². The maximum Gasteiger partial charge on any atom is 0.221 e. The molecule has 0 saturated carbocycles. The van der Waals surface area contributed by atoms with Crippen molar-refractivity contribution in [2.24, 2.45) is 4.99 Å². The van der Waals surface area contributed by atoms with Crippen LogP contribution in [-0.2, 0) is 17.8 Å². The van der Waals surface area contributed by atoms with Gasteiger partial charge in [-0.15, -0.1) is 24.0 Å². The van der Waals surface area contributed by atoms with E-state index in [0.29, 0.717) is 6.54 Å². The second-order valence-corrected chi connectivity index (χ2v) is 6.57. The van der Waals surface area contributed by atoms with E-state index >= 15 is 0 Å². The van der Waals surface area contributed by atoms with Gasteiger partial charge in [0.2, 0.25) is 5.91 Å². The average molecular weight is 510 g/mol. The second-order valence-electron chi connectivity index (χ2n) is 6.57. The third-order valence-electron chi connectivity index (χ3n) is 4.17. The van der Waals surface area contributed by atoms with Gasteiger partial charge in [0.05, 0.1) is 13.7 Å². The Labute approximate surface area is 190 Å². The van der Waals surface area contributed by atoms with Crippen LogP contribution in [0, 0.1) is 6.92 Å². The van der Waals surface area contributed by atoms with Crippen LogP contribution < -0.4 is 20.7 Å². The third kappa shape index (κ3) is 8.72. The van der Waals surface area contributed by atoms with E-state index in [0.717, 1.165) is 42.5 Å². The van der Waals surface area contributed by atoms with Gasteiger partial charge in [-0.2, -0.15) is 0 Å². The molecule has 6 nitrogen and oxygen atoms in total. The van der Waals surface area contributed by atoms with Crippen LogP contribution in [0.1, 0.15) is 30.5 Å². The number of halogens is 1. The van der Waals surface area contributed by atoms with Crippen LogP contribution in [0.3, 0.4) is 0 Å². The van der Waals surface area contributed by atoms with E-state index < -0.39 is 0 Å². The summed E-state index contributed by atoms with van der Waals surface area (Å²) in [5.41, 5.74) is 4.22. The number of nitrogens with one attached hydrogen (secondary N) is 3. The van der Waals surface area contributed by atoms with Crippen molar-refractivity contribution in [3.05, 3.63) is 59.2 Å². The maximum atomic E-state index is 11.1. The molecule has 0 radical (unpaired) electrons. The minimum absolute atomic E-state index is 0. The number of nitrogens with zero attached hydrogens (tertiary/aromatic N) is 1. The van der Waals surface area contributed by atoms with Crippen LogP contribution in [0.5, 0.6) is 5.75 Å². The quantitative estimate of drug-likeness (QED) is 0.286. The van der Waals surface area contributed by atoms with Crippen molar-refractivity contribution in [1.29, 1.82) is 0 Å². The molecule has 7 heteroatoms. The first kappa shape index (κ1) is 24.7. The molecule has 0 aromatic heterocycles. The Morgan fingerprint density at radius 3 is 2.45 bits per heavy atom. The van der Waals surface area contributed by atoms with Crippen molar-refractivity contribution in [2.45, 2.75) is 33.7 Å². The average Bonchev–Trinajstić information content (AvgIpc) is 2.67. The van der Waals surface area contributed by atoms with Crippen LogP contribution >= 0.6 is 24.0 Å². The number of hydrogen-bond donors (Lipinski definition) is 3. The topological polar surface area (TPSA) is 74.8 Å². The van der Waals surface area contributed by atoms with E-state index in [2.05, 4.69) is 33.1 Å². The van der Waals surface area contributed by atoms with Gasteiger partial charge in [-0.3, -0.25) is 4.79 Å². The van der Waals surface area contributed by atoms with Gasteiger partial charge in [0.1, 0.15) is 5.75 Å². The summed E-state index contributed by atoms with van der Waals surface area (Å²) >= 11 is 0. The monoisotopic (exact) mass is 510 g/mol. The van der Waals surface area contributed by atoms with Gasteiger partial charge < -0.3 is 20.7 Å². The molecule has 0 fully saturated rings. The number of benzene rings is 2. The SMILES string of the molecule is CCNC(=NCc1ccc(C)cc1OC)NCCc1ccc(NC(C)=O)cc1.I. The van der Waals surface area contributed by atoms with Gasteiger partial charge in [0, 0.05) is 31.3 Å². The molecule has 0 saturated heterocycles. The number of hydrogen-bond acceptors (Lipinski definition) is 3. The second kappa shape index (κ2) is 13.0. The molecule has 0 atom stereocenters. The Hall–Kier alpha value is -2.29. The first-order valence-corrected chi connectivity index (χ1v) is 9.54. The minimum atomic E-state index is -0.0638. The molecule has 0 aliphatic heterocycles. The molecule has 0 aliphatic rings. The highest BCUT2D eigenvalue weighted by Crippen LogP contribution is 2.20. The molecule has 0 spiro atoms. The molecule has 2 aromatic rings. The molecular weight excluding hydrogens is 479 g/mol. The number of methoxy groups -OCH3 is 1. The summed E-state index contributed by atoms with van der Waals surface area (Å²) in [6.07, 6.45) is 0.860. The Bertz CT molecular complexity index is 807. The van der Waals surface area contributed by atoms with Crippen molar-refractivity contribution < 1.29 is 9.53 Å². The molecule has 1 amide bonds. The van der Waals surface area contributed by atoms with Crippen molar-refractivity contribution >= 4 is 41.5 Å². The fraction of sp³-hybridized carbons (Fsp3) is 0.364. The molecule has 29 heavy (non-hydrogen) atoms.